The van der Waals surface area contributed by atoms with Gasteiger partial charge in [-0.05, 0) is 48.6 Å². The van der Waals surface area contributed by atoms with Crippen molar-refractivity contribution in [2.45, 2.75) is 43.9 Å². The van der Waals surface area contributed by atoms with Crippen molar-refractivity contribution in [1.29, 1.82) is 5.26 Å². The summed E-state index contributed by atoms with van der Waals surface area (Å²) in [5.74, 6) is 0.348. The second-order valence-electron chi connectivity index (χ2n) is 10.8. The number of methoxy groups -OCH3 is 1. The van der Waals surface area contributed by atoms with Gasteiger partial charge in [-0.1, -0.05) is 66.8 Å². The molecule has 0 radical (unpaired) electrons. The molecule has 2 aliphatic rings. The Hall–Kier alpha value is -4.14. The van der Waals surface area contributed by atoms with Gasteiger partial charge in [-0.2, -0.15) is 5.26 Å². The molecule has 2 heterocycles. The Morgan fingerprint density at radius 1 is 1.24 bits per heavy atom. The first kappa shape index (κ1) is 28.4. The van der Waals surface area contributed by atoms with Crippen molar-refractivity contribution >= 4 is 45.6 Å². The number of ketones is 1. The Bertz CT molecular complexity index is 1620. The molecule has 41 heavy (non-hydrogen) atoms. The Labute approximate surface area is 247 Å². The summed E-state index contributed by atoms with van der Waals surface area (Å²) in [6.45, 7) is 6.09. The number of hydrogen-bond acceptors (Lipinski definition) is 10. The summed E-state index contributed by atoms with van der Waals surface area (Å²) in [6, 6.07) is 17.2. The predicted octanol–water partition coefficient (Wildman–Crippen LogP) is 5.53. The van der Waals surface area contributed by atoms with Crippen molar-refractivity contribution in [3.05, 3.63) is 82.3 Å². The molecule has 1 aromatic heterocycles. The fourth-order valence-corrected chi connectivity index (χ4v) is 6.94. The van der Waals surface area contributed by atoms with Gasteiger partial charge in [0.2, 0.25) is 11.0 Å². The van der Waals surface area contributed by atoms with E-state index in [-0.39, 0.29) is 28.7 Å². The molecule has 1 aliphatic heterocycles. The maximum atomic E-state index is 13.7. The van der Waals surface area contributed by atoms with E-state index in [1.807, 2.05) is 31.2 Å². The van der Waals surface area contributed by atoms with Gasteiger partial charge in [-0.25, -0.2) is 0 Å². The molecule has 9 nitrogen and oxygen atoms in total. The van der Waals surface area contributed by atoms with Gasteiger partial charge in [0.15, 0.2) is 10.1 Å². The number of amides is 1. The Kier molecular flexibility index (Phi) is 7.89. The van der Waals surface area contributed by atoms with Gasteiger partial charge in [-0.3, -0.25) is 14.5 Å². The minimum absolute atomic E-state index is 0.00215. The number of carbonyl (C=O) groups excluding carboxylic acids is 2. The number of carbonyl (C=O) groups is 2. The number of nitriles is 1. The third-order valence-corrected chi connectivity index (χ3v) is 9.09. The van der Waals surface area contributed by atoms with Gasteiger partial charge in [0.25, 0.3) is 0 Å². The molecule has 0 spiro atoms. The van der Waals surface area contributed by atoms with Crippen LogP contribution in [0.5, 0.6) is 5.75 Å². The molecule has 5 rings (SSSR count). The lowest BCUT2D eigenvalue weighted by Gasteiger charge is -2.42. The highest BCUT2D eigenvalue weighted by Gasteiger charge is 2.45. The molecule has 1 aliphatic carbocycles. The van der Waals surface area contributed by atoms with E-state index >= 15 is 0 Å². The van der Waals surface area contributed by atoms with E-state index in [1.165, 1.54) is 23.1 Å². The Morgan fingerprint density at radius 3 is 2.68 bits per heavy atom. The predicted molar refractivity (Wildman–Crippen MR) is 161 cm³/mol. The molecular formula is C30H30N6O3S2. The molecule has 2 aromatic carbocycles. The van der Waals surface area contributed by atoms with Crippen LogP contribution in [0.15, 0.2) is 75.5 Å². The molecule has 3 aromatic rings. The molecule has 1 atom stereocenters. The van der Waals surface area contributed by atoms with Crippen LogP contribution in [0.3, 0.4) is 0 Å². The maximum Gasteiger partial charge on any atom is 0.234 e. The van der Waals surface area contributed by atoms with Crippen molar-refractivity contribution < 1.29 is 14.3 Å². The molecule has 0 saturated carbocycles. The number of allylic oxidation sites excluding steroid dienone is 3. The summed E-state index contributed by atoms with van der Waals surface area (Å²) >= 11 is 2.52. The van der Waals surface area contributed by atoms with E-state index < -0.39 is 5.92 Å². The smallest absolute Gasteiger partial charge is 0.234 e. The minimum Gasteiger partial charge on any atom is -0.497 e. The number of Topliss-reactive ketones (excluding diaryl/α,β-unsaturated/α-hetero) is 1. The number of nitrogens with zero attached hydrogens (tertiary/aromatic N) is 4. The van der Waals surface area contributed by atoms with Crippen LogP contribution in [0.2, 0.25) is 0 Å². The monoisotopic (exact) mass is 586 g/mol. The zero-order chi connectivity index (χ0) is 29.3. The lowest BCUT2D eigenvalue weighted by Crippen LogP contribution is -2.42. The van der Waals surface area contributed by atoms with Gasteiger partial charge in [0.1, 0.15) is 11.6 Å². The molecular weight excluding hydrogens is 557 g/mol. The van der Waals surface area contributed by atoms with Gasteiger partial charge in [0.05, 0.1) is 30.4 Å². The molecule has 3 N–H and O–H groups in total. The number of rotatable bonds is 7. The van der Waals surface area contributed by atoms with Crippen LogP contribution >= 0.6 is 23.1 Å². The maximum absolute atomic E-state index is 13.7. The number of aromatic nitrogens is 2. The molecule has 210 valence electrons. The van der Waals surface area contributed by atoms with Gasteiger partial charge >= 0.3 is 0 Å². The Balaban J connectivity index is 1.44. The average Bonchev–Trinajstić information content (AvgIpc) is 3.39. The third kappa shape index (κ3) is 5.85. The largest absolute Gasteiger partial charge is 0.497 e. The second kappa shape index (κ2) is 11.4. The van der Waals surface area contributed by atoms with E-state index in [1.54, 1.807) is 36.3 Å². The summed E-state index contributed by atoms with van der Waals surface area (Å²) in [5.41, 5.74) is 10.6. The van der Waals surface area contributed by atoms with Crippen molar-refractivity contribution in [2.24, 2.45) is 11.1 Å². The summed E-state index contributed by atoms with van der Waals surface area (Å²) in [5, 5.41) is 22.2. The highest BCUT2D eigenvalue weighted by atomic mass is 32.2. The number of anilines is 2. The van der Waals surface area contributed by atoms with Gasteiger partial charge < -0.3 is 15.8 Å². The molecule has 0 bridgehead atoms. The van der Waals surface area contributed by atoms with E-state index in [9.17, 15) is 14.9 Å². The number of benzene rings is 2. The summed E-state index contributed by atoms with van der Waals surface area (Å²) in [7, 11) is 1.59. The SMILES string of the molecule is COc1ccc(NC(=O)CSc2nnc(N3C(N)=C(C#N)C(c4cccc(C)c4)C4=C3CC(C)(C)CC4=O)s2)cc1. The van der Waals surface area contributed by atoms with Gasteiger partial charge in [-0.15, -0.1) is 10.2 Å². The van der Waals surface area contributed by atoms with E-state index in [0.29, 0.717) is 44.9 Å². The first-order valence-corrected chi connectivity index (χ1v) is 14.8. The second-order valence-corrected chi connectivity index (χ2v) is 13.0. The molecule has 1 amide bonds. The highest BCUT2D eigenvalue weighted by molar-refractivity contribution is 8.01. The van der Waals surface area contributed by atoms with Crippen LogP contribution in [-0.2, 0) is 9.59 Å². The van der Waals surface area contributed by atoms with Crippen LogP contribution in [0.1, 0.15) is 43.7 Å². The number of nitrogens with one attached hydrogen (secondary N) is 1. The zero-order valence-corrected chi connectivity index (χ0v) is 24.9. The first-order valence-electron chi connectivity index (χ1n) is 13.0. The number of aryl methyl sites for hydroxylation is 1. The number of ether oxygens (including phenoxy) is 1. The fraction of sp³-hybridized carbons (Fsp3) is 0.300. The first-order chi connectivity index (χ1) is 19.6. The molecule has 0 saturated heterocycles. The lowest BCUT2D eigenvalue weighted by molar-refractivity contribution is -0.118. The van der Waals surface area contributed by atoms with Crippen molar-refractivity contribution in [3.8, 4) is 11.8 Å². The molecule has 1 unspecified atom stereocenters. The van der Waals surface area contributed by atoms with E-state index in [0.717, 1.165) is 16.8 Å². The number of hydrogen-bond donors (Lipinski definition) is 2. The highest BCUT2D eigenvalue weighted by Crippen LogP contribution is 2.50. The van der Waals surface area contributed by atoms with Gasteiger partial charge in [0, 0.05) is 23.4 Å². The third-order valence-electron chi connectivity index (χ3n) is 7.04. The summed E-state index contributed by atoms with van der Waals surface area (Å²) < 4.78 is 5.72. The lowest BCUT2D eigenvalue weighted by atomic mass is 9.68. The number of nitrogens with two attached hydrogens (primary N) is 1. The quantitative estimate of drug-likeness (QED) is 0.343. The van der Waals surface area contributed by atoms with Crippen LogP contribution in [-0.4, -0.2) is 34.8 Å². The normalized spacial score (nSPS) is 18.2. The Morgan fingerprint density at radius 2 is 2.00 bits per heavy atom. The van der Waals surface area contributed by atoms with Crippen LogP contribution in [0.25, 0.3) is 0 Å². The molecule has 11 heteroatoms. The molecule has 0 fully saturated rings. The van der Waals surface area contributed by atoms with Crippen LogP contribution in [0.4, 0.5) is 10.8 Å². The van der Waals surface area contributed by atoms with E-state index in [4.69, 9.17) is 10.5 Å². The van der Waals surface area contributed by atoms with Crippen LogP contribution < -0.4 is 20.7 Å². The topological polar surface area (TPSA) is 134 Å². The fourth-order valence-electron chi connectivity index (χ4n) is 5.26. The summed E-state index contributed by atoms with van der Waals surface area (Å²) in [4.78, 5) is 27.9. The van der Waals surface area contributed by atoms with Crippen LogP contribution in [0, 0.1) is 23.7 Å². The zero-order valence-electron chi connectivity index (χ0n) is 23.2. The number of thioether (sulfide) groups is 1. The van der Waals surface area contributed by atoms with Crippen molar-refractivity contribution in [3.63, 3.8) is 0 Å². The van der Waals surface area contributed by atoms with Crippen molar-refractivity contribution in [2.75, 3.05) is 23.1 Å². The summed E-state index contributed by atoms with van der Waals surface area (Å²) in [6.07, 6.45) is 0.962. The van der Waals surface area contributed by atoms with E-state index in [2.05, 4.69) is 35.4 Å². The minimum atomic E-state index is -0.543. The average molecular weight is 587 g/mol. The standard InChI is InChI=1S/C30H30N6O3S2/c1-17-6-5-7-18(12-17)25-21(15-31)27(32)36(22-13-30(2,3)14-23(37)26(22)25)28-34-35-29(41-28)40-16-24(38)33-19-8-10-20(39-4)11-9-19/h5-12,25H,13-14,16,32H2,1-4H3,(H,33,38). The van der Waals surface area contributed by atoms with Crippen molar-refractivity contribution in [1.82, 2.24) is 10.2 Å².